The molecule has 2 rings (SSSR count). The average molecular weight is 243 g/mol. The summed E-state index contributed by atoms with van der Waals surface area (Å²) in [4.78, 5) is 0. The second-order valence-corrected chi connectivity index (χ2v) is 3.82. The number of rotatable bonds is 3. The maximum absolute atomic E-state index is 9.93. The molecule has 0 aliphatic heterocycles. The molecule has 18 heavy (non-hydrogen) atoms. The molecule has 1 unspecified atom stereocenters. The molecule has 0 aliphatic carbocycles. The van der Waals surface area contributed by atoms with E-state index in [-0.39, 0.29) is 0 Å². The molecule has 2 N–H and O–H groups in total. The van der Waals surface area contributed by atoms with Crippen LogP contribution in [0.4, 0.5) is 5.69 Å². The van der Waals surface area contributed by atoms with Crippen LogP contribution in [0, 0.1) is 6.92 Å². The van der Waals surface area contributed by atoms with Gasteiger partial charge in [-0.25, -0.2) is 0 Å². The zero-order valence-corrected chi connectivity index (χ0v) is 11.2. The van der Waals surface area contributed by atoms with Gasteiger partial charge in [-0.05, 0) is 19.1 Å². The van der Waals surface area contributed by atoms with E-state index in [4.69, 9.17) is 0 Å². The smallest absolute Gasteiger partial charge is 0.150 e. The maximum atomic E-state index is 9.93. The van der Waals surface area contributed by atoms with Gasteiger partial charge in [0.1, 0.15) is 0 Å². The summed E-state index contributed by atoms with van der Waals surface area (Å²) in [5.41, 5.74) is 2.99. The lowest BCUT2D eigenvalue weighted by atomic mass is 10.2. The molecule has 2 aromatic carbocycles. The van der Waals surface area contributed by atoms with E-state index < -0.39 is 6.23 Å². The molecule has 0 aromatic heterocycles. The van der Waals surface area contributed by atoms with Crippen molar-refractivity contribution < 1.29 is 5.11 Å². The molecule has 96 valence electrons. The van der Waals surface area contributed by atoms with Crippen molar-refractivity contribution in [3.63, 3.8) is 0 Å². The largest absolute Gasteiger partial charge is 0.369 e. The molecule has 0 aliphatic rings. The van der Waals surface area contributed by atoms with Gasteiger partial charge in [0.25, 0.3) is 0 Å². The van der Waals surface area contributed by atoms with Crippen molar-refractivity contribution in [2.45, 2.75) is 27.0 Å². The van der Waals surface area contributed by atoms with Crippen LogP contribution in [0.2, 0.25) is 0 Å². The first-order chi connectivity index (χ1) is 8.75. The fraction of sp³-hybridized carbons (Fsp3) is 0.250. The molecule has 0 radical (unpaired) electrons. The number of hydrogen-bond donors (Lipinski definition) is 2. The van der Waals surface area contributed by atoms with E-state index in [9.17, 15) is 5.11 Å². The third kappa shape index (κ3) is 4.22. The molecule has 0 heterocycles. The van der Waals surface area contributed by atoms with Gasteiger partial charge in [0, 0.05) is 11.3 Å². The minimum Gasteiger partial charge on any atom is -0.369 e. The molecule has 0 saturated heterocycles. The van der Waals surface area contributed by atoms with Crippen LogP contribution >= 0.6 is 0 Å². The number of aliphatic hydroxyl groups is 1. The van der Waals surface area contributed by atoms with Crippen LogP contribution in [0.15, 0.2) is 54.6 Å². The molecule has 1 atom stereocenters. The number of aryl methyl sites for hydroxylation is 1. The highest BCUT2D eigenvalue weighted by Gasteiger charge is 2.05. The Kier molecular flexibility index (Phi) is 5.95. The van der Waals surface area contributed by atoms with Crippen molar-refractivity contribution in [2.24, 2.45) is 0 Å². The third-order valence-corrected chi connectivity index (χ3v) is 2.47. The third-order valence-electron chi connectivity index (χ3n) is 2.47. The van der Waals surface area contributed by atoms with Crippen LogP contribution in [-0.4, -0.2) is 5.11 Å². The van der Waals surface area contributed by atoms with Crippen LogP contribution in [0.5, 0.6) is 0 Å². The molecular formula is C16H21NO. The zero-order valence-electron chi connectivity index (χ0n) is 11.2. The number of anilines is 1. The van der Waals surface area contributed by atoms with E-state index in [1.807, 2.05) is 75.4 Å². The van der Waals surface area contributed by atoms with Gasteiger partial charge < -0.3 is 10.4 Å². The molecule has 2 heteroatoms. The van der Waals surface area contributed by atoms with Gasteiger partial charge in [-0.1, -0.05) is 61.9 Å². The number of hydrogen-bond acceptors (Lipinski definition) is 2. The topological polar surface area (TPSA) is 32.3 Å². The summed E-state index contributed by atoms with van der Waals surface area (Å²) in [6, 6.07) is 17.5. The van der Waals surface area contributed by atoms with Crippen LogP contribution < -0.4 is 5.32 Å². The number of benzene rings is 2. The summed E-state index contributed by atoms with van der Waals surface area (Å²) < 4.78 is 0. The number of nitrogens with one attached hydrogen (secondary N) is 1. The molecule has 2 aromatic rings. The fourth-order valence-corrected chi connectivity index (χ4v) is 1.53. The summed E-state index contributed by atoms with van der Waals surface area (Å²) in [6.07, 6.45) is -0.663. The summed E-state index contributed by atoms with van der Waals surface area (Å²) in [6.45, 7) is 6.04. The summed E-state index contributed by atoms with van der Waals surface area (Å²) in [5, 5.41) is 13.0. The van der Waals surface area contributed by atoms with Crippen molar-refractivity contribution in [3.05, 3.63) is 65.7 Å². The second kappa shape index (κ2) is 7.51. The Labute approximate surface area is 109 Å². The molecule has 0 bridgehead atoms. The van der Waals surface area contributed by atoms with Gasteiger partial charge in [0.15, 0.2) is 6.23 Å². The molecule has 0 spiro atoms. The molecular weight excluding hydrogens is 222 g/mol. The summed E-state index contributed by atoms with van der Waals surface area (Å²) >= 11 is 0. The lowest BCUT2D eigenvalue weighted by Gasteiger charge is -2.14. The standard InChI is InChI=1S/C14H15NO.C2H6/c1-11-7-9-13(10-8-11)15-14(16)12-5-3-2-4-6-12;1-2/h2-10,14-16H,1H3;1-2H3. The first-order valence-corrected chi connectivity index (χ1v) is 6.32. The second-order valence-electron chi connectivity index (χ2n) is 3.82. The Morgan fingerprint density at radius 2 is 1.44 bits per heavy atom. The van der Waals surface area contributed by atoms with Gasteiger partial charge in [0.2, 0.25) is 0 Å². The maximum Gasteiger partial charge on any atom is 0.150 e. The predicted molar refractivity (Wildman–Crippen MR) is 77.6 cm³/mol. The predicted octanol–water partition coefficient (Wildman–Crippen LogP) is 4.12. The Morgan fingerprint density at radius 1 is 0.889 bits per heavy atom. The fourth-order valence-electron chi connectivity index (χ4n) is 1.53. The van der Waals surface area contributed by atoms with Crippen LogP contribution in [0.25, 0.3) is 0 Å². The van der Waals surface area contributed by atoms with Gasteiger partial charge in [-0.15, -0.1) is 0 Å². The van der Waals surface area contributed by atoms with E-state index in [2.05, 4.69) is 5.32 Å². The molecule has 0 fully saturated rings. The van der Waals surface area contributed by atoms with Crippen LogP contribution in [0.3, 0.4) is 0 Å². The minimum absolute atomic E-state index is 0.663. The Morgan fingerprint density at radius 3 is 2.00 bits per heavy atom. The quantitative estimate of drug-likeness (QED) is 0.795. The average Bonchev–Trinajstić information content (AvgIpc) is 2.44. The minimum atomic E-state index is -0.663. The van der Waals surface area contributed by atoms with E-state index in [1.165, 1.54) is 5.56 Å². The highest BCUT2D eigenvalue weighted by Crippen LogP contribution is 2.17. The Bertz CT molecular complexity index is 436. The lowest BCUT2D eigenvalue weighted by Crippen LogP contribution is -2.09. The van der Waals surface area contributed by atoms with E-state index in [0.29, 0.717) is 0 Å². The summed E-state index contributed by atoms with van der Waals surface area (Å²) in [5.74, 6) is 0. The first-order valence-electron chi connectivity index (χ1n) is 6.32. The van der Waals surface area contributed by atoms with Crippen molar-refractivity contribution >= 4 is 5.69 Å². The van der Waals surface area contributed by atoms with Crippen molar-refractivity contribution in [1.29, 1.82) is 0 Å². The number of aliphatic hydroxyl groups excluding tert-OH is 1. The highest BCUT2D eigenvalue weighted by molar-refractivity contribution is 5.45. The molecule has 0 amide bonds. The van der Waals surface area contributed by atoms with Crippen LogP contribution in [0.1, 0.15) is 31.2 Å². The molecule has 0 saturated carbocycles. The van der Waals surface area contributed by atoms with E-state index >= 15 is 0 Å². The highest BCUT2D eigenvalue weighted by atomic mass is 16.3. The summed E-state index contributed by atoms with van der Waals surface area (Å²) in [7, 11) is 0. The monoisotopic (exact) mass is 243 g/mol. The van der Waals surface area contributed by atoms with Gasteiger partial charge in [0.05, 0.1) is 0 Å². The zero-order chi connectivity index (χ0) is 13.4. The van der Waals surface area contributed by atoms with E-state index in [1.54, 1.807) is 0 Å². The van der Waals surface area contributed by atoms with Crippen LogP contribution in [-0.2, 0) is 0 Å². The Hall–Kier alpha value is -1.80. The van der Waals surface area contributed by atoms with E-state index in [0.717, 1.165) is 11.3 Å². The van der Waals surface area contributed by atoms with Gasteiger partial charge >= 0.3 is 0 Å². The van der Waals surface area contributed by atoms with Crippen molar-refractivity contribution in [3.8, 4) is 0 Å². The normalized spacial score (nSPS) is 11.1. The van der Waals surface area contributed by atoms with Crippen molar-refractivity contribution in [2.75, 3.05) is 5.32 Å². The lowest BCUT2D eigenvalue weighted by molar-refractivity contribution is 0.208. The Balaban J connectivity index is 0.000000771. The van der Waals surface area contributed by atoms with Crippen molar-refractivity contribution in [1.82, 2.24) is 0 Å². The molecule has 2 nitrogen and oxygen atoms in total. The SMILES string of the molecule is CC.Cc1ccc(NC(O)c2ccccc2)cc1. The first kappa shape index (κ1) is 14.3. The van der Waals surface area contributed by atoms with Gasteiger partial charge in [-0.3, -0.25) is 0 Å². The van der Waals surface area contributed by atoms with Gasteiger partial charge in [-0.2, -0.15) is 0 Å².